The first-order chi connectivity index (χ1) is 7.78. The van der Waals surface area contributed by atoms with E-state index in [9.17, 15) is 0 Å². The van der Waals surface area contributed by atoms with Gasteiger partial charge in [-0.25, -0.2) is 0 Å². The molecule has 0 atom stereocenters. The SMILES string of the molecule is C#CCN(C)Cc1ccc(CNC2CC2)o1. The van der Waals surface area contributed by atoms with Crippen LogP contribution < -0.4 is 5.32 Å². The Labute approximate surface area is 96.8 Å². The van der Waals surface area contributed by atoms with E-state index in [4.69, 9.17) is 10.8 Å². The van der Waals surface area contributed by atoms with Crippen molar-refractivity contribution in [3.63, 3.8) is 0 Å². The van der Waals surface area contributed by atoms with Gasteiger partial charge in [0.1, 0.15) is 11.5 Å². The lowest BCUT2D eigenvalue weighted by atomic mass is 10.4. The average molecular weight is 218 g/mol. The molecule has 1 aromatic rings. The highest BCUT2D eigenvalue weighted by molar-refractivity contribution is 5.07. The Hall–Kier alpha value is -1.24. The molecular formula is C13H18N2O. The summed E-state index contributed by atoms with van der Waals surface area (Å²) >= 11 is 0. The predicted molar refractivity (Wildman–Crippen MR) is 63.7 cm³/mol. The maximum atomic E-state index is 5.71. The summed E-state index contributed by atoms with van der Waals surface area (Å²) < 4.78 is 5.71. The minimum absolute atomic E-state index is 0.649. The number of rotatable bonds is 6. The van der Waals surface area contributed by atoms with Gasteiger partial charge in [-0.15, -0.1) is 6.42 Å². The molecular weight excluding hydrogens is 200 g/mol. The molecule has 2 rings (SSSR count). The first-order valence-corrected chi connectivity index (χ1v) is 5.71. The minimum atomic E-state index is 0.649. The zero-order valence-electron chi connectivity index (χ0n) is 9.70. The molecule has 0 aliphatic heterocycles. The number of furan rings is 1. The van der Waals surface area contributed by atoms with Crippen molar-refractivity contribution in [2.75, 3.05) is 13.6 Å². The number of hydrogen-bond acceptors (Lipinski definition) is 3. The smallest absolute Gasteiger partial charge is 0.118 e. The van der Waals surface area contributed by atoms with Gasteiger partial charge >= 0.3 is 0 Å². The molecule has 0 unspecified atom stereocenters. The van der Waals surface area contributed by atoms with E-state index in [-0.39, 0.29) is 0 Å². The average Bonchev–Trinajstić information content (AvgIpc) is 2.98. The summed E-state index contributed by atoms with van der Waals surface area (Å²) in [4.78, 5) is 2.05. The third-order valence-electron chi connectivity index (χ3n) is 2.65. The topological polar surface area (TPSA) is 28.4 Å². The van der Waals surface area contributed by atoms with Crippen LogP contribution in [-0.4, -0.2) is 24.5 Å². The van der Waals surface area contributed by atoms with Crippen LogP contribution in [0.1, 0.15) is 24.4 Å². The van der Waals surface area contributed by atoms with Crippen molar-refractivity contribution in [3.8, 4) is 12.3 Å². The van der Waals surface area contributed by atoms with Crippen molar-refractivity contribution in [3.05, 3.63) is 23.7 Å². The molecule has 1 fully saturated rings. The van der Waals surface area contributed by atoms with Gasteiger partial charge in [-0.05, 0) is 32.0 Å². The van der Waals surface area contributed by atoms with Gasteiger partial charge in [0.2, 0.25) is 0 Å². The fourth-order valence-corrected chi connectivity index (χ4v) is 1.61. The first kappa shape index (κ1) is 11.3. The lowest BCUT2D eigenvalue weighted by molar-refractivity contribution is 0.318. The Balaban J connectivity index is 1.79. The van der Waals surface area contributed by atoms with Crippen LogP contribution in [0.15, 0.2) is 16.5 Å². The van der Waals surface area contributed by atoms with Crippen molar-refractivity contribution >= 4 is 0 Å². The molecule has 0 aromatic carbocycles. The molecule has 3 nitrogen and oxygen atoms in total. The maximum Gasteiger partial charge on any atom is 0.118 e. The zero-order valence-corrected chi connectivity index (χ0v) is 9.70. The second kappa shape index (κ2) is 5.20. The summed E-state index contributed by atoms with van der Waals surface area (Å²) in [5.41, 5.74) is 0. The van der Waals surface area contributed by atoms with E-state index in [0.29, 0.717) is 6.54 Å². The predicted octanol–water partition coefficient (Wildman–Crippen LogP) is 1.60. The molecule has 3 heteroatoms. The highest BCUT2D eigenvalue weighted by Gasteiger charge is 2.20. The van der Waals surface area contributed by atoms with Crippen LogP contribution in [-0.2, 0) is 13.1 Å². The maximum absolute atomic E-state index is 5.71. The Kier molecular flexibility index (Phi) is 3.66. The molecule has 1 aliphatic rings. The summed E-state index contributed by atoms with van der Waals surface area (Å²) in [5.74, 6) is 4.60. The standard InChI is InChI=1S/C13H18N2O/c1-3-8-15(2)10-13-7-6-12(16-13)9-14-11-4-5-11/h1,6-7,11,14H,4-5,8-10H2,2H3. The third-order valence-corrected chi connectivity index (χ3v) is 2.65. The van der Waals surface area contributed by atoms with Crippen LogP contribution in [0.3, 0.4) is 0 Å². The summed E-state index contributed by atoms with van der Waals surface area (Å²) in [6.45, 7) is 2.26. The van der Waals surface area contributed by atoms with Gasteiger partial charge < -0.3 is 9.73 Å². The van der Waals surface area contributed by atoms with Gasteiger partial charge in [-0.1, -0.05) is 5.92 Å². The highest BCUT2D eigenvalue weighted by Crippen LogP contribution is 2.19. The van der Waals surface area contributed by atoms with E-state index in [1.165, 1.54) is 12.8 Å². The molecule has 0 spiro atoms. The van der Waals surface area contributed by atoms with Crippen molar-refractivity contribution < 1.29 is 4.42 Å². The van der Waals surface area contributed by atoms with Crippen molar-refractivity contribution in [1.82, 2.24) is 10.2 Å². The second-order valence-electron chi connectivity index (χ2n) is 4.40. The van der Waals surface area contributed by atoms with Crippen LogP contribution in [0.2, 0.25) is 0 Å². The van der Waals surface area contributed by atoms with Crippen LogP contribution in [0, 0.1) is 12.3 Å². The van der Waals surface area contributed by atoms with Crippen LogP contribution >= 0.6 is 0 Å². The Morgan fingerprint density at radius 2 is 2.25 bits per heavy atom. The second-order valence-corrected chi connectivity index (χ2v) is 4.40. The summed E-state index contributed by atoms with van der Waals surface area (Å²) in [5, 5.41) is 3.42. The molecule has 0 amide bonds. The molecule has 1 aliphatic carbocycles. The summed E-state index contributed by atoms with van der Waals surface area (Å²) in [7, 11) is 1.99. The van der Waals surface area contributed by atoms with Gasteiger partial charge in [-0.3, -0.25) is 4.90 Å². The Morgan fingerprint density at radius 1 is 1.50 bits per heavy atom. The van der Waals surface area contributed by atoms with Crippen LogP contribution in [0.5, 0.6) is 0 Å². The lowest BCUT2D eigenvalue weighted by Crippen LogP contribution is -2.17. The molecule has 1 heterocycles. The van der Waals surface area contributed by atoms with Crippen molar-refractivity contribution in [2.24, 2.45) is 0 Å². The Bertz CT molecular complexity index is 374. The van der Waals surface area contributed by atoms with E-state index in [1.54, 1.807) is 0 Å². The molecule has 1 saturated carbocycles. The van der Waals surface area contributed by atoms with E-state index < -0.39 is 0 Å². The molecule has 1 N–H and O–H groups in total. The van der Waals surface area contributed by atoms with Crippen LogP contribution in [0.4, 0.5) is 0 Å². The molecule has 0 saturated heterocycles. The first-order valence-electron chi connectivity index (χ1n) is 5.71. The minimum Gasteiger partial charge on any atom is -0.463 e. The normalized spacial score (nSPS) is 15.3. The number of hydrogen-bond donors (Lipinski definition) is 1. The van der Waals surface area contributed by atoms with Gasteiger partial charge in [0.15, 0.2) is 0 Å². The fourth-order valence-electron chi connectivity index (χ4n) is 1.61. The zero-order chi connectivity index (χ0) is 11.4. The van der Waals surface area contributed by atoms with Gasteiger partial charge in [-0.2, -0.15) is 0 Å². The number of nitrogens with zero attached hydrogens (tertiary/aromatic N) is 1. The third kappa shape index (κ3) is 3.41. The molecule has 0 bridgehead atoms. The van der Waals surface area contributed by atoms with E-state index in [1.807, 2.05) is 19.2 Å². The molecule has 1 aromatic heterocycles. The Morgan fingerprint density at radius 3 is 2.94 bits per heavy atom. The van der Waals surface area contributed by atoms with Gasteiger partial charge in [0, 0.05) is 6.04 Å². The molecule has 16 heavy (non-hydrogen) atoms. The fraction of sp³-hybridized carbons (Fsp3) is 0.538. The van der Waals surface area contributed by atoms with E-state index in [0.717, 1.165) is 30.7 Å². The van der Waals surface area contributed by atoms with Gasteiger partial charge in [0.05, 0.1) is 19.6 Å². The summed E-state index contributed by atoms with van der Waals surface area (Å²) in [6.07, 6.45) is 7.85. The number of terminal acetylenes is 1. The molecule has 0 radical (unpaired) electrons. The van der Waals surface area contributed by atoms with E-state index >= 15 is 0 Å². The summed E-state index contributed by atoms with van der Waals surface area (Å²) in [6, 6.07) is 4.78. The van der Waals surface area contributed by atoms with Gasteiger partial charge in [0.25, 0.3) is 0 Å². The van der Waals surface area contributed by atoms with Crippen molar-refractivity contribution in [2.45, 2.75) is 32.0 Å². The van der Waals surface area contributed by atoms with Crippen molar-refractivity contribution in [1.29, 1.82) is 0 Å². The van der Waals surface area contributed by atoms with E-state index in [2.05, 4.69) is 16.1 Å². The highest BCUT2D eigenvalue weighted by atomic mass is 16.3. The van der Waals surface area contributed by atoms with Crippen LogP contribution in [0.25, 0.3) is 0 Å². The lowest BCUT2D eigenvalue weighted by Gasteiger charge is -2.10. The largest absolute Gasteiger partial charge is 0.463 e. The quantitative estimate of drug-likeness (QED) is 0.735. The number of nitrogens with one attached hydrogen (secondary N) is 1. The monoisotopic (exact) mass is 218 g/mol. The molecule has 86 valence electrons.